The minimum absolute atomic E-state index is 0.139. The number of nitrogens with one attached hydrogen (secondary N) is 1. The maximum absolute atomic E-state index is 12.2. The number of benzene rings is 2. The van der Waals surface area contributed by atoms with E-state index in [0.717, 1.165) is 11.1 Å². The van der Waals surface area contributed by atoms with Crippen LogP contribution in [0.4, 0.5) is 0 Å². The molecule has 0 saturated heterocycles. The predicted molar refractivity (Wildman–Crippen MR) is 90.9 cm³/mol. The number of halogens is 1. The molecule has 0 aromatic heterocycles. The molecule has 2 N–H and O–H groups in total. The van der Waals surface area contributed by atoms with E-state index in [1.807, 2.05) is 0 Å². The lowest BCUT2D eigenvalue weighted by Gasteiger charge is -2.17. The number of hydrogen-bond acceptors (Lipinski definition) is 4. The standard InChI is InChI=1S/C18H18ClNO4/c1-24-18(23)16(10-12-4-8-15(21)9-5-12)20-17(22)11-13-2-6-14(19)7-3-13/h2-9,16,21H,10-11H2,1H3,(H,20,22)/t16-/m1/s1. The first kappa shape index (κ1) is 17.8. The second kappa shape index (κ2) is 8.36. The number of carbonyl (C=O) groups is 2. The second-order valence-electron chi connectivity index (χ2n) is 5.32. The van der Waals surface area contributed by atoms with Gasteiger partial charge in [0.1, 0.15) is 11.8 Å². The summed E-state index contributed by atoms with van der Waals surface area (Å²) in [5, 5.41) is 12.6. The molecule has 0 aliphatic heterocycles. The maximum atomic E-state index is 12.2. The van der Waals surface area contributed by atoms with Crippen LogP contribution in [0.15, 0.2) is 48.5 Å². The second-order valence-corrected chi connectivity index (χ2v) is 5.75. The van der Waals surface area contributed by atoms with Gasteiger partial charge in [-0.05, 0) is 35.4 Å². The minimum atomic E-state index is -0.792. The van der Waals surface area contributed by atoms with Crippen LogP contribution in [0.3, 0.4) is 0 Å². The molecule has 0 aliphatic rings. The molecule has 0 spiro atoms. The van der Waals surface area contributed by atoms with Gasteiger partial charge in [-0.25, -0.2) is 4.79 Å². The lowest BCUT2D eigenvalue weighted by molar-refractivity contribution is -0.145. The fourth-order valence-electron chi connectivity index (χ4n) is 2.24. The summed E-state index contributed by atoms with van der Waals surface area (Å²) in [6.45, 7) is 0. The van der Waals surface area contributed by atoms with Crippen molar-refractivity contribution in [3.05, 3.63) is 64.7 Å². The number of methoxy groups -OCH3 is 1. The molecular formula is C18H18ClNO4. The van der Waals surface area contributed by atoms with E-state index in [9.17, 15) is 14.7 Å². The normalized spacial score (nSPS) is 11.6. The Bertz CT molecular complexity index is 698. The molecule has 0 heterocycles. The van der Waals surface area contributed by atoms with Crippen molar-refractivity contribution < 1.29 is 19.4 Å². The first-order chi connectivity index (χ1) is 11.5. The molecule has 24 heavy (non-hydrogen) atoms. The molecule has 0 fully saturated rings. The molecule has 2 rings (SSSR count). The highest BCUT2D eigenvalue weighted by molar-refractivity contribution is 6.30. The van der Waals surface area contributed by atoms with Crippen molar-refractivity contribution >= 4 is 23.5 Å². The van der Waals surface area contributed by atoms with Gasteiger partial charge in [0.2, 0.25) is 5.91 Å². The fraction of sp³-hybridized carbons (Fsp3) is 0.222. The average molecular weight is 348 g/mol. The molecule has 126 valence electrons. The van der Waals surface area contributed by atoms with Crippen molar-refractivity contribution in [3.63, 3.8) is 0 Å². The molecule has 2 aromatic carbocycles. The third kappa shape index (κ3) is 5.28. The van der Waals surface area contributed by atoms with Crippen molar-refractivity contribution in [2.24, 2.45) is 0 Å². The fourth-order valence-corrected chi connectivity index (χ4v) is 2.36. The van der Waals surface area contributed by atoms with E-state index in [1.165, 1.54) is 19.2 Å². The van der Waals surface area contributed by atoms with Gasteiger partial charge in [0.15, 0.2) is 0 Å². The highest BCUT2D eigenvalue weighted by Crippen LogP contribution is 2.13. The number of carbonyl (C=O) groups excluding carboxylic acids is 2. The van der Waals surface area contributed by atoms with E-state index < -0.39 is 12.0 Å². The van der Waals surface area contributed by atoms with Crippen LogP contribution in [0, 0.1) is 0 Å². The first-order valence-corrected chi connectivity index (χ1v) is 7.75. The SMILES string of the molecule is COC(=O)[C@@H](Cc1ccc(O)cc1)NC(=O)Cc1ccc(Cl)cc1. The molecule has 0 radical (unpaired) electrons. The summed E-state index contributed by atoms with van der Waals surface area (Å²) in [7, 11) is 1.28. The Hall–Kier alpha value is -2.53. The zero-order valence-electron chi connectivity index (χ0n) is 13.2. The van der Waals surface area contributed by atoms with E-state index in [2.05, 4.69) is 5.32 Å². The Morgan fingerprint density at radius 3 is 2.25 bits per heavy atom. The third-order valence-electron chi connectivity index (χ3n) is 3.48. The van der Waals surface area contributed by atoms with Gasteiger partial charge in [0, 0.05) is 11.4 Å². The summed E-state index contributed by atoms with van der Waals surface area (Å²) in [6, 6.07) is 12.6. The number of ether oxygens (including phenoxy) is 1. The van der Waals surface area contributed by atoms with E-state index in [4.69, 9.17) is 16.3 Å². The number of phenolic OH excluding ortho intramolecular Hbond substituents is 1. The van der Waals surface area contributed by atoms with Gasteiger partial charge in [0.25, 0.3) is 0 Å². The van der Waals surface area contributed by atoms with Crippen LogP contribution in [-0.4, -0.2) is 30.1 Å². The molecule has 6 heteroatoms. The molecule has 5 nitrogen and oxygen atoms in total. The first-order valence-electron chi connectivity index (χ1n) is 7.37. The summed E-state index contributed by atoms with van der Waals surface area (Å²) in [5.41, 5.74) is 1.60. The average Bonchev–Trinajstić information content (AvgIpc) is 2.57. The summed E-state index contributed by atoms with van der Waals surface area (Å²) in [6.07, 6.45) is 0.416. The van der Waals surface area contributed by atoms with Crippen LogP contribution in [0.1, 0.15) is 11.1 Å². The lowest BCUT2D eigenvalue weighted by atomic mass is 10.0. The van der Waals surface area contributed by atoms with Crippen molar-refractivity contribution in [3.8, 4) is 5.75 Å². The third-order valence-corrected chi connectivity index (χ3v) is 3.73. The number of esters is 1. The van der Waals surface area contributed by atoms with E-state index >= 15 is 0 Å². The van der Waals surface area contributed by atoms with Gasteiger partial charge in [-0.15, -0.1) is 0 Å². The lowest BCUT2D eigenvalue weighted by Crippen LogP contribution is -2.43. The highest BCUT2D eigenvalue weighted by Gasteiger charge is 2.22. The van der Waals surface area contributed by atoms with Crippen molar-refractivity contribution in [1.29, 1.82) is 0 Å². The van der Waals surface area contributed by atoms with Crippen LogP contribution in [0.2, 0.25) is 5.02 Å². The Balaban J connectivity index is 2.02. The zero-order chi connectivity index (χ0) is 17.5. The summed E-state index contributed by atoms with van der Waals surface area (Å²) in [4.78, 5) is 24.1. The summed E-state index contributed by atoms with van der Waals surface area (Å²) in [5.74, 6) is -0.667. The Morgan fingerprint density at radius 2 is 1.67 bits per heavy atom. The molecule has 2 aromatic rings. The predicted octanol–water partition coefficient (Wildman–Crippen LogP) is 2.49. The Labute approximate surface area is 145 Å². The zero-order valence-corrected chi connectivity index (χ0v) is 13.9. The van der Waals surface area contributed by atoms with Crippen molar-refractivity contribution in [2.45, 2.75) is 18.9 Å². The van der Waals surface area contributed by atoms with E-state index in [0.29, 0.717) is 5.02 Å². The molecule has 0 unspecified atom stereocenters. The molecule has 1 atom stereocenters. The maximum Gasteiger partial charge on any atom is 0.328 e. The van der Waals surface area contributed by atoms with Crippen LogP contribution in [0.25, 0.3) is 0 Å². The number of aromatic hydroxyl groups is 1. The van der Waals surface area contributed by atoms with Gasteiger partial charge in [-0.1, -0.05) is 35.9 Å². The number of rotatable bonds is 6. The molecule has 0 bridgehead atoms. The highest BCUT2D eigenvalue weighted by atomic mass is 35.5. The van der Waals surface area contributed by atoms with Crippen molar-refractivity contribution in [1.82, 2.24) is 5.32 Å². The van der Waals surface area contributed by atoms with E-state index in [1.54, 1.807) is 36.4 Å². The van der Waals surface area contributed by atoms with Gasteiger partial charge >= 0.3 is 5.97 Å². The molecule has 0 saturated carbocycles. The van der Waals surface area contributed by atoms with Crippen LogP contribution < -0.4 is 5.32 Å². The largest absolute Gasteiger partial charge is 0.508 e. The van der Waals surface area contributed by atoms with Gasteiger partial charge in [-0.2, -0.15) is 0 Å². The summed E-state index contributed by atoms with van der Waals surface area (Å²) < 4.78 is 4.75. The number of amides is 1. The van der Waals surface area contributed by atoms with Gasteiger partial charge < -0.3 is 15.2 Å². The smallest absolute Gasteiger partial charge is 0.328 e. The number of phenols is 1. The quantitative estimate of drug-likeness (QED) is 0.787. The minimum Gasteiger partial charge on any atom is -0.508 e. The van der Waals surface area contributed by atoms with Crippen LogP contribution >= 0.6 is 11.6 Å². The molecule has 0 aliphatic carbocycles. The van der Waals surface area contributed by atoms with Gasteiger partial charge in [-0.3, -0.25) is 4.79 Å². The van der Waals surface area contributed by atoms with E-state index in [-0.39, 0.29) is 24.5 Å². The van der Waals surface area contributed by atoms with Crippen molar-refractivity contribution in [2.75, 3.05) is 7.11 Å². The van der Waals surface area contributed by atoms with Crippen LogP contribution in [-0.2, 0) is 27.2 Å². The number of hydrogen-bond donors (Lipinski definition) is 2. The Morgan fingerprint density at radius 1 is 1.08 bits per heavy atom. The van der Waals surface area contributed by atoms with Gasteiger partial charge in [0.05, 0.1) is 13.5 Å². The topological polar surface area (TPSA) is 75.6 Å². The molecular weight excluding hydrogens is 330 g/mol. The molecule has 1 amide bonds. The monoisotopic (exact) mass is 347 g/mol. The summed E-state index contributed by atoms with van der Waals surface area (Å²) >= 11 is 5.81. The van der Waals surface area contributed by atoms with Crippen LogP contribution in [0.5, 0.6) is 5.75 Å². The Kier molecular flexibility index (Phi) is 6.21.